The molecule has 1 aromatic heterocycles. The number of nitrogens with one attached hydrogen (secondary N) is 2. The molecule has 0 saturated heterocycles. The maximum atomic E-state index is 13.2. The van der Waals surface area contributed by atoms with E-state index in [9.17, 15) is 9.18 Å². The zero-order chi connectivity index (χ0) is 19.9. The quantitative estimate of drug-likeness (QED) is 0.634. The van der Waals surface area contributed by atoms with Gasteiger partial charge in [0.2, 0.25) is 0 Å². The van der Waals surface area contributed by atoms with Crippen molar-refractivity contribution < 1.29 is 9.18 Å². The topological polar surface area (TPSA) is 70.2 Å². The first kappa shape index (κ1) is 19.3. The van der Waals surface area contributed by atoms with Gasteiger partial charge in [-0.3, -0.25) is 4.79 Å². The molecule has 0 aliphatic rings. The predicted octanol–water partition coefficient (Wildman–Crippen LogP) is 4.46. The molecule has 0 aliphatic heterocycles. The van der Waals surface area contributed by atoms with Crippen molar-refractivity contribution in [2.24, 2.45) is 0 Å². The van der Waals surface area contributed by atoms with Crippen molar-refractivity contribution in [3.05, 3.63) is 72.4 Å². The van der Waals surface area contributed by atoms with Gasteiger partial charge in [-0.15, -0.1) is 0 Å². The molecular weight excluding hydrogens is 357 g/mol. The molecule has 7 heteroatoms. The molecule has 0 saturated carbocycles. The average Bonchev–Trinajstić information content (AvgIpc) is 2.71. The molecule has 0 radical (unpaired) electrons. The van der Waals surface area contributed by atoms with Crippen LogP contribution < -0.4 is 15.5 Å². The van der Waals surface area contributed by atoms with Crippen LogP contribution in [0, 0.1) is 5.82 Å². The Kier molecular flexibility index (Phi) is 6.16. The van der Waals surface area contributed by atoms with Gasteiger partial charge in [0.15, 0.2) is 0 Å². The summed E-state index contributed by atoms with van der Waals surface area (Å²) in [6, 6.07) is 13.7. The number of hydrogen-bond acceptors (Lipinski definition) is 5. The number of hydrogen-bond donors (Lipinski definition) is 2. The molecule has 0 unspecified atom stereocenters. The van der Waals surface area contributed by atoms with Crippen LogP contribution in [0.25, 0.3) is 0 Å². The third-order valence-electron chi connectivity index (χ3n) is 4.24. The maximum absolute atomic E-state index is 13.2. The number of anilines is 4. The Bertz CT molecular complexity index is 924. The lowest BCUT2D eigenvalue weighted by atomic mass is 10.2. The molecule has 3 rings (SSSR count). The molecule has 1 heterocycles. The molecule has 1 amide bonds. The van der Waals surface area contributed by atoms with Crippen molar-refractivity contribution in [1.82, 2.24) is 9.97 Å². The van der Waals surface area contributed by atoms with E-state index in [1.54, 1.807) is 12.1 Å². The van der Waals surface area contributed by atoms with Crippen LogP contribution in [0.2, 0.25) is 0 Å². The van der Waals surface area contributed by atoms with Gasteiger partial charge < -0.3 is 15.5 Å². The summed E-state index contributed by atoms with van der Waals surface area (Å²) in [5, 5.41) is 5.75. The van der Waals surface area contributed by atoms with Crippen molar-refractivity contribution >= 4 is 28.8 Å². The number of amides is 1. The van der Waals surface area contributed by atoms with E-state index < -0.39 is 0 Å². The Hall–Kier alpha value is -3.48. The van der Waals surface area contributed by atoms with Gasteiger partial charge in [-0.05, 0) is 56.3 Å². The summed E-state index contributed by atoms with van der Waals surface area (Å²) < 4.78 is 13.2. The highest BCUT2D eigenvalue weighted by Gasteiger charge is 2.09. The highest BCUT2D eigenvalue weighted by Crippen LogP contribution is 2.18. The molecule has 144 valence electrons. The normalized spacial score (nSPS) is 10.4. The van der Waals surface area contributed by atoms with Crippen molar-refractivity contribution in [3.63, 3.8) is 0 Å². The number of aromatic nitrogens is 2. The number of rotatable bonds is 7. The molecule has 0 bridgehead atoms. The molecule has 3 aromatic rings. The first-order valence-corrected chi connectivity index (χ1v) is 9.10. The van der Waals surface area contributed by atoms with Crippen molar-refractivity contribution in [2.45, 2.75) is 13.8 Å². The van der Waals surface area contributed by atoms with Crippen LogP contribution in [0.15, 0.2) is 60.9 Å². The largest absolute Gasteiger partial charge is 0.372 e. The Balaban J connectivity index is 1.63. The SMILES string of the molecule is CCN(CC)c1ccc(NC(=O)c2cnc(Nc3cccc(F)c3)cn2)cc1. The Morgan fingerprint density at radius 1 is 1.00 bits per heavy atom. The molecular formula is C21H22FN5O. The van der Waals surface area contributed by atoms with E-state index in [0.29, 0.717) is 17.2 Å². The standard InChI is InChI=1S/C21H22FN5O/c1-3-27(4-2)18-10-8-16(9-11-18)26-21(28)19-13-24-20(14-23-19)25-17-7-5-6-15(22)12-17/h5-14H,3-4H2,1-2H3,(H,24,25)(H,26,28). The van der Waals surface area contributed by atoms with E-state index in [1.165, 1.54) is 24.5 Å². The molecule has 2 N–H and O–H groups in total. The number of halogens is 1. The van der Waals surface area contributed by atoms with Crippen LogP contribution in [0.1, 0.15) is 24.3 Å². The van der Waals surface area contributed by atoms with Gasteiger partial charge >= 0.3 is 0 Å². The van der Waals surface area contributed by atoms with E-state index in [0.717, 1.165) is 18.8 Å². The number of carbonyl (C=O) groups is 1. The minimum absolute atomic E-state index is 0.192. The van der Waals surface area contributed by atoms with Crippen molar-refractivity contribution in [1.29, 1.82) is 0 Å². The first-order chi connectivity index (χ1) is 13.6. The summed E-state index contributed by atoms with van der Waals surface area (Å²) in [4.78, 5) is 22.9. The summed E-state index contributed by atoms with van der Waals surface area (Å²) in [7, 11) is 0. The Labute approximate surface area is 163 Å². The Morgan fingerprint density at radius 2 is 1.75 bits per heavy atom. The van der Waals surface area contributed by atoms with E-state index >= 15 is 0 Å². The van der Waals surface area contributed by atoms with Crippen LogP contribution in [0.4, 0.5) is 27.3 Å². The smallest absolute Gasteiger partial charge is 0.275 e. The van der Waals surface area contributed by atoms with E-state index in [1.807, 2.05) is 24.3 Å². The molecule has 0 fully saturated rings. The first-order valence-electron chi connectivity index (χ1n) is 9.10. The monoisotopic (exact) mass is 379 g/mol. The summed E-state index contributed by atoms with van der Waals surface area (Å²) in [5.74, 6) is -0.271. The maximum Gasteiger partial charge on any atom is 0.275 e. The van der Waals surface area contributed by atoms with Gasteiger partial charge in [0.1, 0.15) is 17.3 Å². The minimum atomic E-state index is -0.347. The molecule has 28 heavy (non-hydrogen) atoms. The zero-order valence-corrected chi connectivity index (χ0v) is 15.8. The third kappa shape index (κ3) is 4.82. The third-order valence-corrected chi connectivity index (χ3v) is 4.24. The van der Waals surface area contributed by atoms with Crippen LogP contribution in [-0.2, 0) is 0 Å². The second-order valence-electron chi connectivity index (χ2n) is 6.10. The number of nitrogens with zero attached hydrogens (tertiary/aromatic N) is 3. The fourth-order valence-corrected chi connectivity index (χ4v) is 2.76. The van der Waals surface area contributed by atoms with Gasteiger partial charge in [0, 0.05) is 30.2 Å². The Morgan fingerprint density at radius 3 is 2.36 bits per heavy atom. The van der Waals surface area contributed by atoms with Crippen LogP contribution >= 0.6 is 0 Å². The predicted molar refractivity (Wildman–Crippen MR) is 110 cm³/mol. The highest BCUT2D eigenvalue weighted by atomic mass is 19.1. The van der Waals surface area contributed by atoms with Gasteiger partial charge in [-0.2, -0.15) is 0 Å². The lowest BCUT2D eigenvalue weighted by Gasteiger charge is -2.21. The zero-order valence-electron chi connectivity index (χ0n) is 15.8. The number of benzene rings is 2. The van der Waals surface area contributed by atoms with Gasteiger partial charge in [-0.25, -0.2) is 14.4 Å². The van der Waals surface area contributed by atoms with Gasteiger partial charge in [0.05, 0.1) is 12.4 Å². The van der Waals surface area contributed by atoms with E-state index in [4.69, 9.17) is 0 Å². The van der Waals surface area contributed by atoms with Crippen molar-refractivity contribution in [2.75, 3.05) is 28.6 Å². The fraction of sp³-hybridized carbons (Fsp3) is 0.190. The molecule has 2 aromatic carbocycles. The molecule has 0 aliphatic carbocycles. The second-order valence-corrected chi connectivity index (χ2v) is 6.10. The van der Waals surface area contributed by atoms with E-state index in [-0.39, 0.29) is 17.4 Å². The number of carbonyl (C=O) groups excluding carboxylic acids is 1. The van der Waals surface area contributed by atoms with Crippen molar-refractivity contribution in [3.8, 4) is 0 Å². The molecule has 0 spiro atoms. The van der Waals surface area contributed by atoms with Gasteiger partial charge in [-0.1, -0.05) is 6.07 Å². The summed E-state index contributed by atoms with van der Waals surface area (Å²) in [5.41, 5.74) is 2.54. The second kappa shape index (κ2) is 8.94. The summed E-state index contributed by atoms with van der Waals surface area (Å²) in [6.07, 6.45) is 2.81. The fourth-order valence-electron chi connectivity index (χ4n) is 2.76. The molecule has 6 nitrogen and oxygen atoms in total. The highest BCUT2D eigenvalue weighted by molar-refractivity contribution is 6.02. The summed E-state index contributed by atoms with van der Waals surface area (Å²) >= 11 is 0. The minimum Gasteiger partial charge on any atom is -0.372 e. The van der Waals surface area contributed by atoms with Crippen LogP contribution in [0.5, 0.6) is 0 Å². The lowest BCUT2D eigenvalue weighted by molar-refractivity contribution is 0.102. The molecule has 0 atom stereocenters. The van der Waals surface area contributed by atoms with Crippen LogP contribution in [0.3, 0.4) is 0 Å². The average molecular weight is 379 g/mol. The lowest BCUT2D eigenvalue weighted by Crippen LogP contribution is -2.21. The summed E-state index contributed by atoms with van der Waals surface area (Å²) in [6.45, 7) is 6.05. The van der Waals surface area contributed by atoms with Gasteiger partial charge in [0.25, 0.3) is 5.91 Å². The van der Waals surface area contributed by atoms with Crippen LogP contribution in [-0.4, -0.2) is 29.0 Å². The van der Waals surface area contributed by atoms with E-state index in [2.05, 4.69) is 39.3 Å².